The molecule has 0 spiro atoms. The number of rotatable bonds is 7. The van der Waals surface area contributed by atoms with Gasteiger partial charge in [-0.2, -0.15) is 0 Å². The molecule has 1 aromatic carbocycles. The van der Waals surface area contributed by atoms with Crippen molar-refractivity contribution >= 4 is 13.5 Å². The largest absolute Gasteiger partial charge is 0.291 e. The second-order valence-corrected chi connectivity index (χ2v) is 8.13. The number of unbranched alkanes of at least 4 members (excludes halogenated alkanes) is 2. The molecule has 1 nitrogen and oxygen atoms in total. The van der Waals surface area contributed by atoms with Gasteiger partial charge in [0.2, 0.25) is 0 Å². The Labute approximate surface area is 101 Å². The molecule has 0 unspecified atom stereocenters. The molecule has 0 aliphatic carbocycles. The average molecular weight is 235 g/mol. The summed E-state index contributed by atoms with van der Waals surface area (Å²) < 4.78 is 0. The highest BCUT2D eigenvalue weighted by atomic mass is 28.4. The van der Waals surface area contributed by atoms with E-state index in [1.807, 2.05) is 30.3 Å². The molecule has 1 radical (unpaired) electrons. The van der Waals surface area contributed by atoms with Crippen molar-refractivity contribution in [1.82, 2.24) is 0 Å². The standard InChI is InChI=1S/C14H23OSi/c1-3-5-12-16(15,13-6-4-2)14-10-8-7-9-11-14/h7-11H,3-6,12-13H2,1-2H3. The molecular weight excluding hydrogens is 212 g/mol. The molecule has 0 N–H and O–H groups in total. The summed E-state index contributed by atoms with van der Waals surface area (Å²) in [5.74, 6) is 0. The molecule has 1 aromatic rings. The number of hydrogen-bond donors (Lipinski definition) is 0. The Bertz CT molecular complexity index is 276. The predicted octanol–water partition coefficient (Wildman–Crippen LogP) is 3.87. The molecule has 0 aliphatic rings. The molecule has 2 heteroatoms. The Morgan fingerprint density at radius 2 is 1.44 bits per heavy atom. The van der Waals surface area contributed by atoms with Gasteiger partial charge >= 0.3 is 0 Å². The topological polar surface area (TPSA) is 19.9 Å². The highest BCUT2D eigenvalue weighted by Crippen LogP contribution is 2.19. The van der Waals surface area contributed by atoms with Crippen LogP contribution in [0.4, 0.5) is 0 Å². The third-order valence-electron chi connectivity index (χ3n) is 3.17. The monoisotopic (exact) mass is 235 g/mol. The van der Waals surface area contributed by atoms with Crippen LogP contribution in [-0.4, -0.2) is 8.32 Å². The summed E-state index contributed by atoms with van der Waals surface area (Å²) in [5.41, 5.74) is 0. The van der Waals surface area contributed by atoms with Gasteiger partial charge in [0.1, 0.15) is 0 Å². The zero-order valence-electron chi connectivity index (χ0n) is 10.5. The third kappa shape index (κ3) is 3.76. The van der Waals surface area contributed by atoms with Crippen LogP contribution in [0.5, 0.6) is 0 Å². The van der Waals surface area contributed by atoms with E-state index in [4.69, 9.17) is 0 Å². The van der Waals surface area contributed by atoms with Gasteiger partial charge in [0, 0.05) is 0 Å². The van der Waals surface area contributed by atoms with Gasteiger partial charge in [-0.05, 0) is 17.3 Å². The van der Waals surface area contributed by atoms with Gasteiger partial charge in [0.05, 0.1) is 0 Å². The fraction of sp³-hybridized carbons (Fsp3) is 0.571. The van der Waals surface area contributed by atoms with Crippen molar-refractivity contribution < 1.29 is 4.80 Å². The molecule has 0 fully saturated rings. The number of hydrogen-bond acceptors (Lipinski definition) is 0. The van der Waals surface area contributed by atoms with Gasteiger partial charge in [-0.1, -0.05) is 69.9 Å². The van der Waals surface area contributed by atoms with Crippen molar-refractivity contribution in [2.24, 2.45) is 0 Å². The lowest BCUT2D eigenvalue weighted by Gasteiger charge is -2.22. The minimum absolute atomic E-state index is 0.910. The van der Waals surface area contributed by atoms with Crippen molar-refractivity contribution in [3.63, 3.8) is 0 Å². The molecule has 0 aromatic heterocycles. The van der Waals surface area contributed by atoms with E-state index in [0.717, 1.165) is 43.0 Å². The molecule has 0 amide bonds. The first kappa shape index (κ1) is 13.5. The third-order valence-corrected chi connectivity index (χ3v) is 6.88. The molecule has 89 valence electrons. The lowest BCUT2D eigenvalue weighted by atomic mass is 10.4. The van der Waals surface area contributed by atoms with Gasteiger partial charge < -0.3 is 0 Å². The first-order valence-corrected chi connectivity index (χ1v) is 8.81. The smallest absolute Gasteiger partial charge is 0.268 e. The number of benzene rings is 1. The van der Waals surface area contributed by atoms with Gasteiger partial charge in [0.15, 0.2) is 0 Å². The molecule has 0 saturated carbocycles. The van der Waals surface area contributed by atoms with Gasteiger partial charge in [-0.15, -0.1) is 0 Å². The highest BCUT2D eigenvalue weighted by Gasteiger charge is 2.34. The molecule has 1 rings (SSSR count). The summed E-state index contributed by atoms with van der Waals surface area (Å²) in [4.78, 5) is 13.0. The van der Waals surface area contributed by atoms with Gasteiger partial charge in [0.25, 0.3) is 8.32 Å². The van der Waals surface area contributed by atoms with E-state index >= 15 is 0 Å². The zero-order valence-corrected chi connectivity index (χ0v) is 11.5. The van der Waals surface area contributed by atoms with Crippen molar-refractivity contribution in [2.75, 3.05) is 0 Å². The van der Waals surface area contributed by atoms with Crippen LogP contribution >= 0.6 is 0 Å². The van der Waals surface area contributed by atoms with Crippen LogP contribution in [0.15, 0.2) is 30.3 Å². The summed E-state index contributed by atoms with van der Waals surface area (Å²) in [5, 5.41) is 1.11. The Balaban J connectivity index is 2.77. The normalized spacial score (nSPS) is 11.7. The first-order valence-electron chi connectivity index (χ1n) is 6.49. The van der Waals surface area contributed by atoms with Crippen LogP contribution in [0.25, 0.3) is 0 Å². The first-order chi connectivity index (χ1) is 7.73. The van der Waals surface area contributed by atoms with Crippen molar-refractivity contribution in [1.29, 1.82) is 0 Å². The van der Waals surface area contributed by atoms with Crippen LogP contribution in [0.2, 0.25) is 12.1 Å². The molecule has 0 heterocycles. The minimum Gasteiger partial charge on any atom is -0.291 e. The van der Waals surface area contributed by atoms with Gasteiger partial charge in [-0.25, -0.2) is 0 Å². The van der Waals surface area contributed by atoms with Crippen molar-refractivity contribution in [3.8, 4) is 0 Å². The zero-order chi connectivity index (χ0) is 11.9. The molecule has 0 bridgehead atoms. The average Bonchev–Trinajstić information content (AvgIpc) is 2.35. The maximum absolute atomic E-state index is 13.0. The van der Waals surface area contributed by atoms with Crippen LogP contribution in [-0.2, 0) is 4.80 Å². The van der Waals surface area contributed by atoms with Crippen LogP contribution in [0, 0.1) is 0 Å². The molecule has 16 heavy (non-hydrogen) atoms. The summed E-state index contributed by atoms with van der Waals surface area (Å²) in [6, 6.07) is 11.9. The lowest BCUT2D eigenvalue weighted by molar-refractivity contribution is 0.421. The Morgan fingerprint density at radius 3 is 1.88 bits per heavy atom. The van der Waals surface area contributed by atoms with Crippen molar-refractivity contribution in [3.05, 3.63) is 30.3 Å². The summed E-state index contributed by atoms with van der Waals surface area (Å²) >= 11 is 0. The van der Waals surface area contributed by atoms with E-state index in [-0.39, 0.29) is 0 Å². The van der Waals surface area contributed by atoms with E-state index in [1.54, 1.807) is 0 Å². The van der Waals surface area contributed by atoms with E-state index < -0.39 is 8.32 Å². The summed E-state index contributed by atoms with van der Waals surface area (Å²) in [6.45, 7) is 4.33. The van der Waals surface area contributed by atoms with Crippen LogP contribution in [0.3, 0.4) is 0 Å². The van der Waals surface area contributed by atoms with Crippen molar-refractivity contribution in [2.45, 2.75) is 51.6 Å². The van der Waals surface area contributed by atoms with Crippen LogP contribution < -0.4 is 5.19 Å². The SMILES string of the molecule is CCCC[Si]([O])(CCCC)c1ccccc1. The molecule has 0 atom stereocenters. The second-order valence-electron chi connectivity index (χ2n) is 4.57. The van der Waals surface area contributed by atoms with E-state index in [9.17, 15) is 4.80 Å². The maximum atomic E-state index is 13.0. The fourth-order valence-corrected chi connectivity index (χ4v) is 5.56. The maximum Gasteiger partial charge on any atom is 0.268 e. The quantitative estimate of drug-likeness (QED) is 0.639. The summed E-state index contributed by atoms with van der Waals surface area (Å²) in [7, 11) is -2.42. The summed E-state index contributed by atoms with van der Waals surface area (Å²) in [6.07, 6.45) is 4.45. The molecule has 0 aliphatic heterocycles. The van der Waals surface area contributed by atoms with E-state index in [0.29, 0.717) is 0 Å². The van der Waals surface area contributed by atoms with E-state index in [1.165, 1.54) is 0 Å². The Kier molecular flexibility index (Phi) is 5.78. The Hall–Kier alpha value is -0.603. The highest BCUT2D eigenvalue weighted by molar-refractivity contribution is 6.85. The van der Waals surface area contributed by atoms with Gasteiger partial charge in [-0.3, -0.25) is 4.80 Å². The lowest BCUT2D eigenvalue weighted by Crippen LogP contribution is -2.46. The Morgan fingerprint density at radius 1 is 0.938 bits per heavy atom. The molecular formula is C14H23OSi. The minimum atomic E-state index is -2.42. The second kappa shape index (κ2) is 6.87. The van der Waals surface area contributed by atoms with Crippen LogP contribution in [0.1, 0.15) is 39.5 Å². The fourth-order valence-electron chi connectivity index (χ4n) is 2.08. The van der Waals surface area contributed by atoms with E-state index in [2.05, 4.69) is 13.8 Å². The predicted molar refractivity (Wildman–Crippen MR) is 71.9 cm³/mol. The molecule has 0 saturated heterocycles.